The predicted octanol–water partition coefficient (Wildman–Crippen LogP) is 2.46. The highest BCUT2D eigenvalue weighted by Crippen LogP contribution is 2.42. The second-order valence-electron chi connectivity index (χ2n) is 5.42. The van der Waals surface area contributed by atoms with Crippen LogP contribution in [0.25, 0.3) is 0 Å². The number of hydrogen-bond acceptors (Lipinski definition) is 4. The summed E-state index contributed by atoms with van der Waals surface area (Å²) in [5.41, 5.74) is 2.55. The van der Waals surface area contributed by atoms with Gasteiger partial charge in [-0.3, -0.25) is 0 Å². The molecule has 3 rings (SSSR count). The standard InChI is InChI=1S/C16H19NO3/c1-18-15-5-4-12-9-14(3-2-6-17)16(11-13(12)10-15)19-7-8-20-16/h4-5,10,14H,2-3,7-9,11H2,1H3. The molecule has 1 aliphatic heterocycles. The molecule has 1 aromatic carbocycles. The molecule has 0 amide bonds. The van der Waals surface area contributed by atoms with Crippen LogP contribution < -0.4 is 4.74 Å². The number of nitriles is 1. The quantitative estimate of drug-likeness (QED) is 0.849. The zero-order valence-corrected chi connectivity index (χ0v) is 11.7. The molecule has 106 valence electrons. The van der Waals surface area contributed by atoms with E-state index < -0.39 is 5.79 Å². The van der Waals surface area contributed by atoms with Gasteiger partial charge in [0.05, 0.1) is 26.4 Å². The smallest absolute Gasteiger partial charge is 0.175 e. The minimum Gasteiger partial charge on any atom is -0.497 e. The van der Waals surface area contributed by atoms with Crippen LogP contribution in [-0.2, 0) is 22.3 Å². The van der Waals surface area contributed by atoms with Gasteiger partial charge in [0.2, 0.25) is 0 Å². The molecular weight excluding hydrogens is 254 g/mol. The second kappa shape index (κ2) is 5.43. The SMILES string of the molecule is COc1ccc2c(c1)CC1(OCCO1)C(CCC#N)C2. The zero-order chi connectivity index (χ0) is 14.0. The average molecular weight is 273 g/mol. The maximum atomic E-state index is 8.84. The van der Waals surface area contributed by atoms with Crippen LogP contribution in [0.5, 0.6) is 5.75 Å². The Morgan fingerprint density at radius 1 is 1.35 bits per heavy atom. The van der Waals surface area contributed by atoms with E-state index in [1.165, 1.54) is 11.1 Å². The summed E-state index contributed by atoms with van der Waals surface area (Å²) in [6, 6.07) is 8.42. The Labute approximate surface area is 119 Å². The van der Waals surface area contributed by atoms with Crippen LogP contribution in [0.2, 0.25) is 0 Å². The zero-order valence-electron chi connectivity index (χ0n) is 11.7. The lowest BCUT2D eigenvalue weighted by atomic mass is 9.77. The van der Waals surface area contributed by atoms with Crippen molar-refractivity contribution in [2.45, 2.75) is 31.5 Å². The lowest BCUT2D eigenvalue weighted by Gasteiger charge is -2.40. The summed E-state index contributed by atoms with van der Waals surface area (Å²) < 4.78 is 17.2. The summed E-state index contributed by atoms with van der Waals surface area (Å²) >= 11 is 0. The second-order valence-corrected chi connectivity index (χ2v) is 5.42. The summed E-state index contributed by atoms with van der Waals surface area (Å²) in [6.07, 6.45) is 3.02. The Bertz CT molecular complexity index is 529. The van der Waals surface area contributed by atoms with Crippen molar-refractivity contribution in [2.75, 3.05) is 20.3 Å². The van der Waals surface area contributed by atoms with Crippen molar-refractivity contribution in [1.29, 1.82) is 5.26 Å². The number of hydrogen-bond donors (Lipinski definition) is 0. The van der Waals surface area contributed by atoms with E-state index in [0.29, 0.717) is 19.6 Å². The molecule has 0 radical (unpaired) electrons. The molecule has 1 aromatic rings. The first-order chi connectivity index (χ1) is 9.77. The fourth-order valence-electron chi connectivity index (χ4n) is 3.29. The third-order valence-electron chi connectivity index (χ3n) is 4.32. The lowest BCUT2D eigenvalue weighted by Crippen LogP contribution is -2.45. The van der Waals surface area contributed by atoms with Gasteiger partial charge < -0.3 is 14.2 Å². The Kier molecular flexibility index (Phi) is 3.64. The molecule has 0 bridgehead atoms. The molecule has 1 spiro atoms. The molecule has 0 aromatic heterocycles. The van der Waals surface area contributed by atoms with Gasteiger partial charge in [-0.15, -0.1) is 0 Å². The van der Waals surface area contributed by atoms with Gasteiger partial charge in [0, 0.05) is 18.8 Å². The predicted molar refractivity (Wildman–Crippen MR) is 73.4 cm³/mol. The Balaban J connectivity index is 1.91. The van der Waals surface area contributed by atoms with E-state index in [4.69, 9.17) is 19.5 Å². The van der Waals surface area contributed by atoms with Crippen LogP contribution in [-0.4, -0.2) is 26.1 Å². The van der Waals surface area contributed by atoms with Gasteiger partial charge in [-0.1, -0.05) is 6.07 Å². The van der Waals surface area contributed by atoms with Crippen LogP contribution in [0.1, 0.15) is 24.0 Å². The summed E-state index contributed by atoms with van der Waals surface area (Å²) in [5.74, 6) is 0.592. The van der Waals surface area contributed by atoms with Crippen LogP contribution >= 0.6 is 0 Å². The molecule has 1 atom stereocenters. The molecule has 0 saturated carbocycles. The van der Waals surface area contributed by atoms with Crippen molar-refractivity contribution in [3.63, 3.8) is 0 Å². The van der Waals surface area contributed by atoms with Gasteiger partial charge in [0.25, 0.3) is 0 Å². The molecule has 2 aliphatic rings. The van der Waals surface area contributed by atoms with Crippen molar-refractivity contribution in [3.05, 3.63) is 29.3 Å². The molecule has 1 fully saturated rings. The highest BCUT2D eigenvalue weighted by atomic mass is 16.7. The fourth-order valence-corrected chi connectivity index (χ4v) is 3.29. The van der Waals surface area contributed by atoms with Gasteiger partial charge >= 0.3 is 0 Å². The van der Waals surface area contributed by atoms with Crippen molar-refractivity contribution >= 4 is 0 Å². The van der Waals surface area contributed by atoms with Gasteiger partial charge in [0.1, 0.15) is 5.75 Å². The maximum Gasteiger partial charge on any atom is 0.175 e. The van der Waals surface area contributed by atoms with E-state index in [1.807, 2.05) is 6.07 Å². The average Bonchev–Trinajstić information content (AvgIpc) is 2.93. The number of nitrogens with zero attached hydrogens (tertiary/aromatic N) is 1. The first kappa shape index (κ1) is 13.4. The van der Waals surface area contributed by atoms with Gasteiger partial charge in [0.15, 0.2) is 5.79 Å². The van der Waals surface area contributed by atoms with Crippen molar-refractivity contribution in [2.24, 2.45) is 5.92 Å². The van der Waals surface area contributed by atoms with E-state index >= 15 is 0 Å². The maximum absolute atomic E-state index is 8.84. The van der Waals surface area contributed by atoms with E-state index in [-0.39, 0.29) is 5.92 Å². The summed E-state index contributed by atoms with van der Waals surface area (Å²) in [4.78, 5) is 0. The largest absolute Gasteiger partial charge is 0.497 e. The van der Waals surface area contributed by atoms with Crippen LogP contribution in [0.4, 0.5) is 0 Å². The van der Waals surface area contributed by atoms with Crippen molar-refractivity contribution < 1.29 is 14.2 Å². The topological polar surface area (TPSA) is 51.5 Å². The fraction of sp³-hybridized carbons (Fsp3) is 0.562. The normalized spacial score (nSPS) is 23.3. The lowest BCUT2D eigenvalue weighted by molar-refractivity contribution is -0.199. The molecule has 1 saturated heterocycles. The number of methoxy groups -OCH3 is 1. The van der Waals surface area contributed by atoms with Crippen molar-refractivity contribution in [1.82, 2.24) is 0 Å². The van der Waals surface area contributed by atoms with E-state index in [2.05, 4.69) is 18.2 Å². The monoisotopic (exact) mass is 273 g/mol. The molecular formula is C16H19NO3. The number of fused-ring (bicyclic) bond motifs is 1. The Morgan fingerprint density at radius 3 is 2.85 bits per heavy atom. The third-order valence-corrected chi connectivity index (χ3v) is 4.32. The highest BCUT2D eigenvalue weighted by Gasteiger charge is 2.47. The molecule has 4 heteroatoms. The van der Waals surface area contributed by atoms with Crippen LogP contribution in [0.3, 0.4) is 0 Å². The summed E-state index contributed by atoms with van der Waals surface area (Å²) in [6.45, 7) is 1.28. The minimum absolute atomic E-state index is 0.255. The Hall–Kier alpha value is -1.57. The first-order valence-electron chi connectivity index (χ1n) is 7.08. The number of rotatable bonds is 3. The molecule has 1 heterocycles. The number of ether oxygens (including phenoxy) is 3. The van der Waals surface area contributed by atoms with E-state index in [9.17, 15) is 0 Å². The summed E-state index contributed by atoms with van der Waals surface area (Å²) in [7, 11) is 1.68. The van der Waals surface area contributed by atoms with Crippen LogP contribution in [0.15, 0.2) is 18.2 Å². The minimum atomic E-state index is -0.532. The van der Waals surface area contributed by atoms with Gasteiger partial charge in [-0.25, -0.2) is 0 Å². The van der Waals surface area contributed by atoms with Gasteiger partial charge in [-0.05, 0) is 36.1 Å². The van der Waals surface area contributed by atoms with Gasteiger partial charge in [-0.2, -0.15) is 5.26 Å². The van der Waals surface area contributed by atoms with E-state index in [1.54, 1.807) is 7.11 Å². The summed E-state index contributed by atoms with van der Waals surface area (Å²) in [5, 5.41) is 8.84. The number of benzene rings is 1. The Morgan fingerprint density at radius 2 is 2.15 bits per heavy atom. The molecule has 1 aliphatic carbocycles. The molecule has 20 heavy (non-hydrogen) atoms. The van der Waals surface area contributed by atoms with Crippen LogP contribution in [0, 0.1) is 17.2 Å². The van der Waals surface area contributed by atoms with E-state index in [0.717, 1.165) is 25.0 Å². The first-order valence-corrected chi connectivity index (χ1v) is 7.08. The molecule has 4 nitrogen and oxygen atoms in total. The molecule has 0 N–H and O–H groups in total. The van der Waals surface area contributed by atoms with Crippen molar-refractivity contribution in [3.8, 4) is 11.8 Å². The molecule has 1 unspecified atom stereocenters. The highest BCUT2D eigenvalue weighted by molar-refractivity contribution is 5.39. The third kappa shape index (κ3) is 2.28.